The van der Waals surface area contributed by atoms with E-state index in [1.807, 2.05) is 6.92 Å². The molecule has 1 aromatic carbocycles. The van der Waals surface area contributed by atoms with Crippen LogP contribution in [0.5, 0.6) is 0 Å². The molecule has 0 spiro atoms. The molecule has 0 radical (unpaired) electrons. The normalized spacial score (nSPS) is 17.4. The summed E-state index contributed by atoms with van der Waals surface area (Å²) in [5.41, 5.74) is 5.47. The molecule has 1 fully saturated rings. The van der Waals surface area contributed by atoms with Crippen LogP contribution >= 0.6 is 12.2 Å². The van der Waals surface area contributed by atoms with Gasteiger partial charge >= 0.3 is 0 Å². The molecule has 0 bridgehead atoms. The van der Waals surface area contributed by atoms with Crippen LogP contribution in [-0.4, -0.2) is 11.0 Å². The van der Waals surface area contributed by atoms with Crippen molar-refractivity contribution in [2.75, 3.05) is 5.32 Å². The first-order valence-electron chi connectivity index (χ1n) is 6.55. The van der Waals surface area contributed by atoms with Crippen LogP contribution in [0.4, 0.5) is 14.5 Å². The molecule has 2 rings (SSSR count). The maximum absolute atomic E-state index is 13.9. The van der Waals surface area contributed by atoms with Crippen LogP contribution in [0.25, 0.3) is 0 Å². The molecule has 0 saturated heterocycles. The Morgan fingerprint density at radius 2 is 1.95 bits per heavy atom. The zero-order valence-electron chi connectivity index (χ0n) is 10.9. The largest absolute Gasteiger partial charge is 0.389 e. The highest BCUT2D eigenvalue weighted by atomic mass is 32.1. The van der Waals surface area contributed by atoms with E-state index >= 15 is 0 Å². The lowest BCUT2D eigenvalue weighted by atomic mass is 9.99. The minimum Gasteiger partial charge on any atom is -0.389 e. The second-order valence-corrected chi connectivity index (χ2v) is 5.57. The number of thiocarbonyl (C=S) groups is 1. The van der Waals surface area contributed by atoms with Crippen molar-refractivity contribution in [3.63, 3.8) is 0 Å². The number of benzene rings is 1. The van der Waals surface area contributed by atoms with E-state index in [4.69, 9.17) is 5.73 Å². The zero-order valence-corrected chi connectivity index (χ0v) is 11.7. The lowest BCUT2D eigenvalue weighted by Gasteiger charge is -2.22. The van der Waals surface area contributed by atoms with Gasteiger partial charge in [0, 0.05) is 11.6 Å². The van der Waals surface area contributed by atoms with Crippen molar-refractivity contribution in [3.05, 3.63) is 29.3 Å². The Morgan fingerprint density at radius 3 is 2.53 bits per heavy atom. The number of nitrogens with two attached hydrogens (primary N) is 1. The van der Waals surface area contributed by atoms with Crippen LogP contribution in [0.15, 0.2) is 12.1 Å². The number of halogens is 2. The summed E-state index contributed by atoms with van der Waals surface area (Å²) in [4.78, 5) is -0.133. The van der Waals surface area contributed by atoms with Crippen LogP contribution < -0.4 is 11.1 Å². The van der Waals surface area contributed by atoms with Gasteiger partial charge in [0.2, 0.25) is 0 Å². The Kier molecular flexibility index (Phi) is 4.34. The third-order valence-electron chi connectivity index (χ3n) is 3.84. The number of nitrogens with one attached hydrogen (secondary N) is 1. The van der Waals surface area contributed by atoms with E-state index in [1.54, 1.807) is 0 Å². The highest BCUT2D eigenvalue weighted by molar-refractivity contribution is 7.80. The van der Waals surface area contributed by atoms with Crippen LogP contribution in [0.2, 0.25) is 0 Å². The van der Waals surface area contributed by atoms with E-state index in [0.717, 1.165) is 12.8 Å². The Morgan fingerprint density at radius 1 is 1.32 bits per heavy atom. The van der Waals surface area contributed by atoms with Crippen molar-refractivity contribution in [1.82, 2.24) is 0 Å². The first-order chi connectivity index (χ1) is 9.00. The number of hydrogen-bond acceptors (Lipinski definition) is 2. The van der Waals surface area contributed by atoms with Gasteiger partial charge in [0.05, 0.1) is 5.69 Å². The highest BCUT2D eigenvalue weighted by Crippen LogP contribution is 2.30. The summed E-state index contributed by atoms with van der Waals surface area (Å²) in [6.07, 6.45) is 4.72. The van der Waals surface area contributed by atoms with Gasteiger partial charge in [-0.15, -0.1) is 0 Å². The van der Waals surface area contributed by atoms with Gasteiger partial charge in [0.25, 0.3) is 0 Å². The summed E-state index contributed by atoms with van der Waals surface area (Å²) < 4.78 is 27.7. The Balaban J connectivity index is 2.16. The summed E-state index contributed by atoms with van der Waals surface area (Å²) in [7, 11) is 0. The van der Waals surface area contributed by atoms with Crippen molar-refractivity contribution in [2.24, 2.45) is 11.7 Å². The van der Waals surface area contributed by atoms with Crippen molar-refractivity contribution in [3.8, 4) is 0 Å². The molecule has 5 heteroatoms. The molecule has 3 N–H and O–H groups in total. The van der Waals surface area contributed by atoms with Crippen molar-refractivity contribution in [2.45, 2.75) is 38.6 Å². The number of rotatable bonds is 4. The van der Waals surface area contributed by atoms with E-state index < -0.39 is 11.6 Å². The quantitative estimate of drug-likeness (QED) is 0.830. The average Bonchev–Trinajstić information content (AvgIpc) is 2.88. The van der Waals surface area contributed by atoms with E-state index in [1.165, 1.54) is 25.0 Å². The molecule has 1 aromatic rings. The molecule has 1 aliphatic rings. The fraction of sp³-hybridized carbons (Fsp3) is 0.500. The smallest absolute Gasteiger partial charge is 0.182 e. The predicted molar refractivity (Wildman–Crippen MR) is 77.3 cm³/mol. The molecule has 104 valence electrons. The van der Waals surface area contributed by atoms with Crippen LogP contribution in [-0.2, 0) is 0 Å². The van der Waals surface area contributed by atoms with E-state index in [9.17, 15) is 8.78 Å². The summed E-state index contributed by atoms with van der Waals surface area (Å²) in [5.74, 6) is -1.36. The minimum atomic E-state index is -0.976. The Hall–Kier alpha value is -1.23. The molecular formula is C14H18F2N2S. The molecular weight excluding hydrogens is 266 g/mol. The standard InChI is InChI=1S/C14H18F2N2S/c1-8(9-4-2-3-5-9)18-11-7-6-10(14(17)19)12(15)13(11)16/h6-9,18H,2-5H2,1H3,(H2,17,19). The van der Waals surface area contributed by atoms with Gasteiger partial charge in [-0.1, -0.05) is 25.1 Å². The summed E-state index contributed by atoms with van der Waals surface area (Å²) in [6.45, 7) is 2.01. The monoisotopic (exact) mass is 284 g/mol. The molecule has 19 heavy (non-hydrogen) atoms. The van der Waals surface area contributed by atoms with Crippen LogP contribution in [0.1, 0.15) is 38.2 Å². The summed E-state index contributed by atoms with van der Waals surface area (Å²) >= 11 is 4.68. The van der Waals surface area contributed by atoms with E-state index in [2.05, 4.69) is 17.5 Å². The Labute approximate surface area is 117 Å². The Bertz CT molecular complexity index is 485. The van der Waals surface area contributed by atoms with Crippen molar-refractivity contribution >= 4 is 22.9 Å². The topological polar surface area (TPSA) is 38.0 Å². The molecule has 0 aromatic heterocycles. The number of hydrogen-bond donors (Lipinski definition) is 2. The maximum atomic E-state index is 13.9. The first-order valence-corrected chi connectivity index (χ1v) is 6.96. The van der Waals surface area contributed by atoms with Gasteiger partial charge in [0.15, 0.2) is 11.6 Å². The highest BCUT2D eigenvalue weighted by Gasteiger charge is 2.23. The van der Waals surface area contributed by atoms with Crippen LogP contribution in [0, 0.1) is 17.6 Å². The molecule has 0 aliphatic heterocycles. The molecule has 1 saturated carbocycles. The summed E-state index contributed by atoms with van der Waals surface area (Å²) in [5, 5.41) is 3.06. The lowest BCUT2D eigenvalue weighted by molar-refractivity contribution is 0.473. The summed E-state index contributed by atoms with van der Waals surface area (Å²) in [6, 6.07) is 3.05. The fourth-order valence-corrected chi connectivity index (χ4v) is 2.83. The third-order valence-corrected chi connectivity index (χ3v) is 4.06. The second-order valence-electron chi connectivity index (χ2n) is 5.13. The second kappa shape index (κ2) is 5.82. The zero-order chi connectivity index (χ0) is 14.0. The van der Waals surface area contributed by atoms with Gasteiger partial charge in [-0.05, 0) is 37.8 Å². The molecule has 1 unspecified atom stereocenters. The lowest BCUT2D eigenvalue weighted by Crippen LogP contribution is -2.25. The van der Waals surface area contributed by atoms with E-state index in [0.29, 0.717) is 5.92 Å². The molecule has 0 heterocycles. The van der Waals surface area contributed by atoms with Gasteiger partial charge < -0.3 is 11.1 Å². The van der Waals surface area contributed by atoms with Crippen molar-refractivity contribution < 1.29 is 8.78 Å². The van der Waals surface area contributed by atoms with Crippen molar-refractivity contribution in [1.29, 1.82) is 0 Å². The molecule has 1 aliphatic carbocycles. The SMILES string of the molecule is CC(Nc1ccc(C(N)=S)c(F)c1F)C1CCCC1. The maximum Gasteiger partial charge on any atom is 0.182 e. The molecule has 1 atom stereocenters. The van der Waals surface area contributed by atoms with Gasteiger partial charge in [-0.3, -0.25) is 0 Å². The first kappa shape index (κ1) is 14.2. The number of anilines is 1. The predicted octanol–water partition coefficient (Wildman–Crippen LogP) is 3.59. The molecule has 2 nitrogen and oxygen atoms in total. The fourth-order valence-electron chi connectivity index (χ4n) is 2.67. The minimum absolute atomic E-state index is 0.0495. The van der Waals surface area contributed by atoms with Gasteiger partial charge in [-0.25, -0.2) is 8.78 Å². The third kappa shape index (κ3) is 3.03. The average molecular weight is 284 g/mol. The van der Waals surface area contributed by atoms with Gasteiger partial charge in [0.1, 0.15) is 4.99 Å². The molecule has 0 amide bonds. The van der Waals surface area contributed by atoms with Gasteiger partial charge in [-0.2, -0.15) is 0 Å². The van der Waals surface area contributed by atoms with E-state index in [-0.39, 0.29) is 22.3 Å². The van der Waals surface area contributed by atoms with Crippen LogP contribution in [0.3, 0.4) is 0 Å².